The zero-order valence-corrected chi connectivity index (χ0v) is 16.8. The van der Waals surface area contributed by atoms with Crippen LogP contribution in [0, 0.1) is 6.92 Å². The number of amides is 1. The highest BCUT2D eigenvalue weighted by Gasteiger charge is 2.23. The van der Waals surface area contributed by atoms with E-state index in [-0.39, 0.29) is 11.9 Å². The van der Waals surface area contributed by atoms with Crippen molar-refractivity contribution in [3.05, 3.63) is 71.4 Å². The minimum absolute atomic E-state index is 0.178. The van der Waals surface area contributed by atoms with Gasteiger partial charge in [0.1, 0.15) is 23.0 Å². The van der Waals surface area contributed by atoms with Gasteiger partial charge < -0.3 is 18.9 Å². The average Bonchev–Trinajstić information content (AvgIpc) is 3.36. The monoisotopic (exact) mass is 394 g/mol. The van der Waals surface area contributed by atoms with Crippen LogP contribution in [-0.4, -0.2) is 37.1 Å². The van der Waals surface area contributed by atoms with Crippen LogP contribution in [0.2, 0.25) is 0 Å². The van der Waals surface area contributed by atoms with Gasteiger partial charge >= 0.3 is 0 Å². The Morgan fingerprint density at radius 3 is 2.55 bits per heavy atom. The smallest absolute Gasteiger partial charge is 0.255 e. The molecule has 0 radical (unpaired) electrons. The van der Waals surface area contributed by atoms with Gasteiger partial charge in [-0.05, 0) is 32.0 Å². The summed E-state index contributed by atoms with van der Waals surface area (Å²) >= 11 is 0. The molecule has 1 fully saturated rings. The summed E-state index contributed by atoms with van der Waals surface area (Å²) in [5.74, 6) is 2.74. The Hall–Kier alpha value is -2.83. The molecular weight excluding hydrogens is 368 g/mol. The second-order valence-corrected chi connectivity index (χ2v) is 7.35. The van der Waals surface area contributed by atoms with E-state index in [4.69, 9.17) is 13.6 Å². The van der Waals surface area contributed by atoms with Crippen molar-refractivity contribution >= 4 is 5.91 Å². The number of hydrogen-bond donors (Lipinski definition) is 1. The van der Waals surface area contributed by atoms with Gasteiger partial charge in [0, 0.05) is 18.7 Å². The van der Waals surface area contributed by atoms with Crippen LogP contribution < -0.4 is 5.32 Å². The largest absolute Gasteiger partial charge is 0.464 e. The average molecular weight is 394 g/mol. The lowest BCUT2D eigenvalue weighted by Crippen LogP contribution is -2.35. The van der Waals surface area contributed by atoms with Crippen molar-refractivity contribution in [2.75, 3.05) is 26.3 Å². The second kappa shape index (κ2) is 8.68. The first-order valence-electron chi connectivity index (χ1n) is 9.95. The third kappa shape index (κ3) is 4.60. The lowest BCUT2D eigenvalue weighted by molar-refractivity contribution is 0.0314. The minimum Gasteiger partial charge on any atom is -0.464 e. The summed E-state index contributed by atoms with van der Waals surface area (Å²) in [7, 11) is 0. The van der Waals surface area contributed by atoms with Crippen LogP contribution in [0.4, 0.5) is 0 Å². The molecule has 4 rings (SSSR count). The molecule has 3 heterocycles. The summed E-state index contributed by atoms with van der Waals surface area (Å²) < 4.78 is 17.2. The lowest BCUT2D eigenvalue weighted by Gasteiger charge is -2.25. The Morgan fingerprint density at radius 2 is 1.86 bits per heavy atom. The maximum atomic E-state index is 13.1. The van der Waals surface area contributed by atoms with Crippen molar-refractivity contribution in [3.63, 3.8) is 0 Å². The maximum Gasteiger partial charge on any atom is 0.255 e. The van der Waals surface area contributed by atoms with Crippen LogP contribution in [0.1, 0.15) is 40.6 Å². The third-order valence-corrected chi connectivity index (χ3v) is 5.08. The van der Waals surface area contributed by atoms with E-state index in [0.29, 0.717) is 17.9 Å². The van der Waals surface area contributed by atoms with Crippen molar-refractivity contribution in [1.82, 2.24) is 10.2 Å². The number of benzene rings is 1. The fourth-order valence-corrected chi connectivity index (χ4v) is 3.50. The summed E-state index contributed by atoms with van der Waals surface area (Å²) in [6, 6.07) is 15.1. The molecule has 1 aliphatic heterocycles. The first-order chi connectivity index (χ1) is 14.1. The predicted octanol–water partition coefficient (Wildman–Crippen LogP) is 4.17. The van der Waals surface area contributed by atoms with Gasteiger partial charge in [0.15, 0.2) is 0 Å². The Kier molecular flexibility index (Phi) is 5.83. The zero-order valence-electron chi connectivity index (χ0n) is 16.8. The molecule has 1 aliphatic rings. The number of aryl methyl sites for hydroxylation is 1. The van der Waals surface area contributed by atoms with E-state index in [0.717, 1.165) is 49.1 Å². The van der Waals surface area contributed by atoms with E-state index in [9.17, 15) is 4.79 Å². The first-order valence-corrected chi connectivity index (χ1v) is 9.95. The standard InChI is InChI=1S/C23H26N2O4/c1-16-8-9-21(28-16)17(2)24-23(26)20-14-19(15-25-10-12-27-13-11-25)29-22(20)18-6-4-3-5-7-18/h3-9,14,17H,10-13,15H2,1-2H3,(H,24,26). The van der Waals surface area contributed by atoms with E-state index in [1.165, 1.54) is 0 Å². The molecule has 0 spiro atoms. The van der Waals surface area contributed by atoms with E-state index in [1.54, 1.807) is 0 Å². The SMILES string of the molecule is Cc1ccc(C(C)NC(=O)c2cc(CN3CCOCC3)oc2-c2ccccc2)o1. The Morgan fingerprint density at radius 1 is 1.10 bits per heavy atom. The fourth-order valence-electron chi connectivity index (χ4n) is 3.50. The Labute approximate surface area is 170 Å². The number of morpholine rings is 1. The summed E-state index contributed by atoms with van der Waals surface area (Å²) in [5, 5.41) is 3.03. The first kappa shape index (κ1) is 19.5. The van der Waals surface area contributed by atoms with Crippen molar-refractivity contribution in [1.29, 1.82) is 0 Å². The second-order valence-electron chi connectivity index (χ2n) is 7.35. The predicted molar refractivity (Wildman–Crippen MR) is 110 cm³/mol. The summed E-state index contributed by atoms with van der Waals surface area (Å²) in [6.07, 6.45) is 0. The zero-order chi connectivity index (χ0) is 20.2. The topological polar surface area (TPSA) is 67.9 Å². The molecule has 0 bridgehead atoms. The van der Waals surface area contributed by atoms with Gasteiger partial charge in [-0.1, -0.05) is 30.3 Å². The number of carbonyl (C=O) groups excluding carboxylic acids is 1. The van der Waals surface area contributed by atoms with Crippen molar-refractivity contribution < 1.29 is 18.4 Å². The molecule has 1 saturated heterocycles. The van der Waals surface area contributed by atoms with Crippen molar-refractivity contribution in [2.24, 2.45) is 0 Å². The molecule has 1 aromatic carbocycles. The molecule has 6 heteroatoms. The van der Waals surface area contributed by atoms with E-state index in [1.807, 2.05) is 62.4 Å². The van der Waals surface area contributed by atoms with Crippen LogP contribution >= 0.6 is 0 Å². The normalized spacial score (nSPS) is 15.9. The number of carbonyl (C=O) groups is 1. The van der Waals surface area contributed by atoms with Crippen molar-refractivity contribution in [2.45, 2.75) is 26.4 Å². The number of hydrogen-bond acceptors (Lipinski definition) is 5. The number of furan rings is 2. The van der Waals surface area contributed by atoms with E-state index < -0.39 is 0 Å². The molecule has 1 N–H and O–H groups in total. The molecule has 2 aromatic heterocycles. The van der Waals surface area contributed by atoms with Gasteiger partial charge in [0.2, 0.25) is 0 Å². The van der Waals surface area contributed by atoms with Crippen LogP contribution in [-0.2, 0) is 11.3 Å². The van der Waals surface area contributed by atoms with Crippen LogP contribution in [0.5, 0.6) is 0 Å². The minimum atomic E-state index is -0.239. The maximum absolute atomic E-state index is 13.1. The van der Waals surface area contributed by atoms with E-state index in [2.05, 4.69) is 10.2 Å². The molecule has 0 saturated carbocycles. The van der Waals surface area contributed by atoms with Gasteiger partial charge in [-0.2, -0.15) is 0 Å². The molecule has 152 valence electrons. The molecule has 1 amide bonds. The summed E-state index contributed by atoms with van der Waals surface area (Å²) in [4.78, 5) is 15.4. The quantitative estimate of drug-likeness (QED) is 0.680. The van der Waals surface area contributed by atoms with Crippen molar-refractivity contribution in [3.8, 4) is 11.3 Å². The van der Waals surface area contributed by atoms with Crippen LogP contribution in [0.15, 0.2) is 57.4 Å². The van der Waals surface area contributed by atoms with Gasteiger partial charge in [0.25, 0.3) is 5.91 Å². The fraction of sp³-hybridized carbons (Fsp3) is 0.348. The molecule has 1 unspecified atom stereocenters. The highest BCUT2D eigenvalue weighted by atomic mass is 16.5. The van der Waals surface area contributed by atoms with E-state index >= 15 is 0 Å². The molecule has 1 atom stereocenters. The molecule has 6 nitrogen and oxygen atoms in total. The molecule has 29 heavy (non-hydrogen) atoms. The Bertz CT molecular complexity index is 954. The van der Waals surface area contributed by atoms with Gasteiger partial charge in [-0.15, -0.1) is 0 Å². The third-order valence-electron chi connectivity index (χ3n) is 5.08. The summed E-state index contributed by atoms with van der Waals surface area (Å²) in [6.45, 7) is 7.62. The molecule has 0 aliphatic carbocycles. The van der Waals surface area contributed by atoms with Gasteiger partial charge in [-0.3, -0.25) is 9.69 Å². The van der Waals surface area contributed by atoms with Gasteiger partial charge in [0.05, 0.1) is 31.4 Å². The summed E-state index contributed by atoms with van der Waals surface area (Å²) in [5.41, 5.74) is 1.42. The Balaban J connectivity index is 1.58. The molecule has 3 aromatic rings. The van der Waals surface area contributed by atoms with Gasteiger partial charge in [-0.25, -0.2) is 0 Å². The molecular formula is C23H26N2O4. The number of nitrogens with one attached hydrogen (secondary N) is 1. The number of nitrogens with zero attached hydrogens (tertiary/aromatic N) is 1. The number of ether oxygens (including phenoxy) is 1. The highest BCUT2D eigenvalue weighted by molar-refractivity contribution is 6.00. The van der Waals surface area contributed by atoms with Crippen LogP contribution in [0.3, 0.4) is 0 Å². The lowest BCUT2D eigenvalue weighted by atomic mass is 10.1. The number of rotatable bonds is 6. The van der Waals surface area contributed by atoms with Crippen LogP contribution in [0.25, 0.3) is 11.3 Å². The highest BCUT2D eigenvalue weighted by Crippen LogP contribution is 2.29.